The molecule has 1 heterocycles. The number of benzene rings is 2. The molecule has 0 aliphatic carbocycles. The first-order chi connectivity index (χ1) is 10.1. The monoisotopic (exact) mass is 284 g/mol. The van der Waals surface area contributed by atoms with Crippen molar-refractivity contribution in [3.05, 3.63) is 63.7 Å². The molecule has 0 spiro atoms. The van der Waals surface area contributed by atoms with Crippen LogP contribution in [0.25, 0.3) is 0 Å². The van der Waals surface area contributed by atoms with E-state index >= 15 is 0 Å². The summed E-state index contributed by atoms with van der Waals surface area (Å²) in [5, 5.41) is 14.1. The van der Waals surface area contributed by atoms with Crippen LogP contribution in [0.4, 0.5) is 11.4 Å². The molecule has 0 saturated heterocycles. The fourth-order valence-electron chi connectivity index (χ4n) is 2.57. The molecule has 0 aromatic heterocycles. The molecule has 2 aromatic rings. The Bertz CT molecular complexity index is 660. The van der Waals surface area contributed by atoms with Crippen LogP contribution < -0.4 is 10.1 Å². The van der Waals surface area contributed by atoms with Gasteiger partial charge in [-0.05, 0) is 30.7 Å². The number of nitrogens with one attached hydrogen (secondary N) is 1. The zero-order chi connectivity index (χ0) is 14.8. The topological polar surface area (TPSA) is 64.4 Å². The maximum Gasteiger partial charge on any atom is 0.272 e. The van der Waals surface area contributed by atoms with Gasteiger partial charge in [-0.3, -0.25) is 10.1 Å². The molecule has 1 atom stereocenters. The van der Waals surface area contributed by atoms with Crippen LogP contribution in [-0.4, -0.2) is 17.6 Å². The molecule has 1 aliphatic rings. The third-order valence-electron chi connectivity index (χ3n) is 3.64. The average Bonchev–Trinajstić information content (AvgIpc) is 2.87. The number of fused-ring (bicyclic) bond motifs is 1. The van der Waals surface area contributed by atoms with Crippen molar-refractivity contribution >= 4 is 11.4 Å². The number of nitrogens with zero attached hydrogens (tertiary/aromatic N) is 1. The maximum atomic E-state index is 10.8. The fraction of sp³-hybridized carbons (Fsp3) is 0.250. The normalized spacial score (nSPS) is 16.1. The summed E-state index contributed by atoms with van der Waals surface area (Å²) in [7, 11) is 0. The third-order valence-corrected chi connectivity index (χ3v) is 3.64. The van der Waals surface area contributed by atoms with E-state index in [-0.39, 0.29) is 16.7 Å². The predicted molar refractivity (Wildman–Crippen MR) is 80.9 cm³/mol. The van der Waals surface area contributed by atoms with E-state index in [0.717, 1.165) is 17.9 Å². The van der Waals surface area contributed by atoms with Crippen LogP contribution >= 0.6 is 0 Å². The number of hydrogen-bond acceptors (Lipinski definition) is 4. The minimum Gasteiger partial charge on any atom is -0.488 e. The van der Waals surface area contributed by atoms with Crippen molar-refractivity contribution in [1.29, 1.82) is 0 Å². The molecule has 0 saturated carbocycles. The molecule has 21 heavy (non-hydrogen) atoms. The number of nitro benzene ring substituents is 1. The quantitative estimate of drug-likeness (QED) is 0.691. The third kappa shape index (κ3) is 2.81. The molecule has 2 aromatic carbocycles. The number of aryl methyl sites for hydroxylation is 1. The van der Waals surface area contributed by atoms with Gasteiger partial charge in [0.25, 0.3) is 5.69 Å². The standard InChI is InChI=1S/C16H16N2O3/c1-11-8-13(6-7-15(11)18(19)20)17-10-14-9-12-4-2-3-5-16(12)21-14/h2-8,14,17H,9-10H2,1H3. The summed E-state index contributed by atoms with van der Waals surface area (Å²) in [6, 6.07) is 13.1. The summed E-state index contributed by atoms with van der Waals surface area (Å²) in [6.07, 6.45) is 0.979. The summed E-state index contributed by atoms with van der Waals surface area (Å²) in [5.74, 6) is 0.948. The lowest BCUT2D eigenvalue weighted by Gasteiger charge is -2.13. The van der Waals surface area contributed by atoms with Crippen LogP contribution in [0.3, 0.4) is 0 Å². The highest BCUT2D eigenvalue weighted by Crippen LogP contribution is 2.28. The summed E-state index contributed by atoms with van der Waals surface area (Å²) < 4.78 is 5.85. The molecule has 1 N–H and O–H groups in total. The van der Waals surface area contributed by atoms with Crippen molar-refractivity contribution in [2.24, 2.45) is 0 Å². The van der Waals surface area contributed by atoms with E-state index in [9.17, 15) is 10.1 Å². The molecule has 1 unspecified atom stereocenters. The number of ether oxygens (including phenoxy) is 1. The van der Waals surface area contributed by atoms with Crippen LogP contribution in [-0.2, 0) is 6.42 Å². The Kier molecular flexibility index (Phi) is 3.48. The molecule has 5 heteroatoms. The van der Waals surface area contributed by atoms with E-state index in [1.807, 2.05) is 18.2 Å². The summed E-state index contributed by atoms with van der Waals surface area (Å²) in [6.45, 7) is 2.41. The van der Waals surface area contributed by atoms with Gasteiger partial charge in [0.2, 0.25) is 0 Å². The number of hydrogen-bond donors (Lipinski definition) is 1. The number of rotatable bonds is 4. The van der Waals surface area contributed by atoms with Crippen molar-refractivity contribution in [1.82, 2.24) is 0 Å². The highest BCUT2D eigenvalue weighted by molar-refractivity contribution is 5.53. The molecule has 108 valence electrons. The number of anilines is 1. The van der Waals surface area contributed by atoms with Crippen LogP contribution in [0.5, 0.6) is 5.75 Å². The maximum absolute atomic E-state index is 10.8. The van der Waals surface area contributed by atoms with Gasteiger partial charge in [0.15, 0.2) is 0 Å². The van der Waals surface area contributed by atoms with Gasteiger partial charge < -0.3 is 10.1 Å². The lowest BCUT2D eigenvalue weighted by molar-refractivity contribution is -0.385. The Morgan fingerprint density at radius 2 is 2.14 bits per heavy atom. The Morgan fingerprint density at radius 3 is 2.86 bits per heavy atom. The second-order valence-electron chi connectivity index (χ2n) is 5.19. The summed E-state index contributed by atoms with van der Waals surface area (Å²) in [4.78, 5) is 10.4. The van der Waals surface area contributed by atoms with Crippen LogP contribution in [0.2, 0.25) is 0 Å². The molecule has 5 nitrogen and oxygen atoms in total. The van der Waals surface area contributed by atoms with E-state index < -0.39 is 0 Å². The summed E-state index contributed by atoms with van der Waals surface area (Å²) in [5.41, 5.74) is 2.90. The van der Waals surface area contributed by atoms with Gasteiger partial charge in [-0.25, -0.2) is 0 Å². The second-order valence-corrected chi connectivity index (χ2v) is 5.19. The SMILES string of the molecule is Cc1cc(NCC2Cc3ccccc3O2)ccc1[N+](=O)[O-]. The van der Waals surface area contributed by atoms with Crippen LogP contribution in [0.1, 0.15) is 11.1 Å². The number of nitro groups is 1. The highest BCUT2D eigenvalue weighted by Gasteiger charge is 2.22. The molecular formula is C16H16N2O3. The smallest absolute Gasteiger partial charge is 0.272 e. The number of para-hydroxylation sites is 1. The Hall–Kier alpha value is -2.56. The Balaban J connectivity index is 1.62. The van der Waals surface area contributed by atoms with Crippen molar-refractivity contribution in [2.45, 2.75) is 19.4 Å². The van der Waals surface area contributed by atoms with Gasteiger partial charge in [-0.15, -0.1) is 0 Å². The lowest BCUT2D eigenvalue weighted by atomic mass is 10.1. The molecule has 0 fully saturated rings. The summed E-state index contributed by atoms with van der Waals surface area (Å²) >= 11 is 0. The van der Waals surface area contributed by atoms with Gasteiger partial charge >= 0.3 is 0 Å². The molecule has 0 bridgehead atoms. The molecule has 3 rings (SSSR count). The zero-order valence-corrected chi connectivity index (χ0v) is 11.7. The van der Waals surface area contributed by atoms with E-state index in [2.05, 4.69) is 11.4 Å². The molecule has 0 radical (unpaired) electrons. The molecule has 1 aliphatic heterocycles. The largest absolute Gasteiger partial charge is 0.488 e. The minimum atomic E-state index is -0.365. The van der Waals surface area contributed by atoms with E-state index in [4.69, 9.17) is 4.74 Å². The first kappa shape index (κ1) is 13.4. The first-order valence-corrected chi connectivity index (χ1v) is 6.87. The van der Waals surface area contributed by atoms with Crippen molar-refractivity contribution in [3.8, 4) is 5.75 Å². The molecular weight excluding hydrogens is 268 g/mol. The van der Waals surface area contributed by atoms with E-state index in [0.29, 0.717) is 12.1 Å². The van der Waals surface area contributed by atoms with Crippen molar-refractivity contribution in [3.63, 3.8) is 0 Å². The Labute approximate surface area is 122 Å². The van der Waals surface area contributed by atoms with Crippen LogP contribution in [0, 0.1) is 17.0 Å². The van der Waals surface area contributed by atoms with Gasteiger partial charge in [-0.2, -0.15) is 0 Å². The van der Waals surface area contributed by atoms with Gasteiger partial charge in [0.05, 0.1) is 11.5 Å². The minimum absolute atomic E-state index is 0.0953. The molecule has 0 amide bonds. The first-order valence-electron chi connectivity index (χ1n) is 6.87. The predicted octanol–water partition coefficient (Wildman–Crippen LogP) is 3.32. The Morgan fingerprint density at radius 1 is 1.33 bits per heavy atom. The van der Waals surface area contributed by atoms with Gasteiger partial charge in [-0.1, -0.05) is 18.2 Å². The van der Waals surface area contributed by atoms with Gasteiger partial charge in [0, 0.05) is 23.7 Å². The second kappa shape index (κ2) is 5.44. The van der Waals surface area contributed by atoms with Crippen molar-refractivity contribution < 1.29 is 9.66 Å². The van der Waals surface area contributed by atoms with Crippen molar-refractivity contribution in [2.75, 3.05) is 11.9 Å². The van der Waals surface area contributed by atoms with E-state index in [1.54, 1.807) is 19.1 Å². The fourth-order valence-corrected chi connectivity index (χ4v) is 2.57. The average molecular weight is 284 g/mol. The highest BCUT2D eigenvalue weighted by atomic mass is 16.6. The lowest BCUT2D eigenvalue weighted by Crippen LogP contribution is -2.23. The van der Waals surface area contributed by atoms with Gasteiger partial charge in [0.1, 0.15) is 11.9 Å². The zero-order valence-electron chi connectivity index (χ0n) is 11.7. The van der Waals surface area contributed by atoms with Crippen LogP contribution in [0.15, 0.2) is 42.5 Å². The van der Waals surface area contributed by atoms with E-state index in [1.165, 1.54) is 11.6 Å².